The van der Waals surface area contributed by atoms with Crippen molar-refractivity contribution in [1.29, 1.82) is 0 Å². The van der Waals surface area contributed by atoms with Gasteiger partial charge in [0.05, 0.1) is 11.3 Å². The number of nitrogens with two attached hydrogens (primary N) is 1. The molecule has 2 N–H and O–H groups in total. The number of aromatic nitrogens is 1. The van der Waals surface area contributed by atoms with Gasteiger partial charge in [-0.2, -0.15) is 13.2 Å². The van der Waals surface area contributed by atoms with Gasteiger partial charge in [-0.05, 0) is 18.2 Å². The molecule has 0 fully saturated rings. The van der Waals surface area contributed by atoms with Crippen molar-refractivity contribution < 1.29 is 13.2 Å². The third-order valence-electron chi connectivity index (χ3n) is 2.32. The number of rotatable bonds is 1. The summed E-state index contributed by atoms with van der Waals surface area (Å²) in [4.78, 5) is 3.93. The zero-order valence-corrected chi connectivity index (χ0v) is 10.6. The molecule has 94 valence electrons. The minimum absolute atomic E-state index is 0.157. The Morgan fingerprint density at radius 1 is 1.11 bits per heavy atom. The van der Waals surface area contributed by atoms with Crippen LogP contribution in [0.4, 0.5) is 19.0 Å². The van der Waals surface area contributed by atoms with E-state index in [2.05, 4.69) is 20.9 Å². The van der Waals surface area contributed by atoms with Gasteiger partial charge in [0.15, 0.2) is 0 Å². The lowest BCUT2D eigenvalue weighted by Gasteiger charge is -2.10. The molecule has 6 heteroatoms. The molecule has 0 aliphatic rings. The summed E-state index contributed by atoms with van der Waals surface area (Å²) < 4.78 is 38.7. The van der Waals surface area contributed by atoms with Crippen molar-refractivity contribution in [2.24, 2.45) is 0 Å². The second-order valence-corrected chi connectivity index (χ2v) is 4.50. The summed E-state index contributed by atoms with van der Waals surface area (Å²) in [5, 5.41) is 0. The van der Waals surface area contributed by atoms with E-state index in [1.165, 1.54) is 0 Å². The molecule has 0 aliphatic heterocycles. The topological polar surface area (TPSA) is 38.9 Å². The first-order valence-electron chi connectivity index (χ1n) is 4.97. The molecule has 18 heavy (non-hydrogen) atoms. The van der Waals surface area contributed by atoms with Crippen molar-refractivity contribution >= 4 is 21.7 Å². The number of hydrogen-bond donors (Lipinski definition) is 1. The molecule has 1 heterocycles. The Morgan fingerprint density at radius 3 is 2.39 bits per heavy atom. The average molecular weight is 317 g/mol. The largest absolute Gasteiger partial charge is 0.416 e. The Bertz CT molecular complexity index is 582. The number of nitrogens with zero attached hydrogens (tertiary/aromatic N) is 1. The molecular formula is C12H8BrF3N2. The SMILES string of the molecule is Nc1cc(C(F)(F)F)cc(-c2ccccc2Br)n1. The number of halogens is 4. The lowest BCUT2D eigenvalue weighted by molar-refractivity contribution is -0.137. The van der Waals surface area contributed by atoms with E-state index in [0.717, 1.165) is 12.1 Å². The van der Waals surface area contributed by atoms with Crippen molar-refractivity contribution in [3.8, 4) is 11.3 Å². The van der Waals surface area contributed by atoms with Gasteiger partial charge in [-0.1, -0.05) is 34.1 Å². The highest BCUT2D eigenvalue weighted by atomic mass is 79.9. The standard InChI is InChI=1S/C12H8BrF3N2/c13-9-4-2-1-3-8(9)10-5-7(12(14,15)16)6-11(17)18-10/h1-6H,(H2,17,18). The third-order valence-corrected chi connectivity index (χ3v) is 3.01. The number of nitrogen functional groups attached to an aromatic ring is 1. The van der Waals surface area contributed by atoms with Crippen LogP contribution in [0.1, 0.15) is 5.56 Å². The Morgan fingerprint density at radius 2 is 1.78 bits per heavy atom. The number of hydrogen-bond acceptors (Lipinski definition) is 2. The molecule has 0 unspecified atom stereocenters. The van der Waals surface area contributed by atoms with E-state index in [4.69, 9.17) is 5.73 Å². The van der Waals surface area contributed by atoms with Crippen molar-refractivity contribution in [1.82, 2.24) is 4.98 Å². The average Bonchev–Trinajstić information content (AvgIpc) is 2.27. The van der Waals surface area contributed by atoms with Gasteiger partial charge in [-0.3, -0.25) is 0 Å². The zero-order valence-electron chi connectivity index (χ0n) is 9.00. The van der Waals surface area contributed by atoms with E-state index in [-0.39, 0.29) is 11.5 Å². The van der Waals surface area contributed by atoms with Gasteiger partial charge in [0.2, 0.25) is 0 Å². The van der Waals surface area contributed by atoms with E-state index >= 15 is 0 Å². The maximum Gasteiger partial charge on any atom is 0.416 e. The fourth-order valence-electron chi connectivity index (χ4n) is 1.52. The summed E-state index contributed by atoms with van der Waals surface area (Å²) in [7, 11) is 0. The zero-order chi connectivity index (χ0) is 13.3. The lowest BCUT2D eigenvalue weighted by atomic mass is 10.1. The Labute approximate surface area is 110 Å². The second kappa shape index (κ2) is 4.61. The van der Waals surface area contributed by atoms with Crippen molar-refractivity contribution in [3.63, 3.8) is 0 Å². The molecule has 0 saturated heterocycles. The first-order valence-corrected chi connectivity index (χ1v) is 5.77. The number of anilines is 1. The minimum Gasteiger partial charge on any atom is -0.384 e. The molecule has 0 amide bonds. The number of benzene rings is 1. The molecule has 2 nitrogen and oxygen atoms in total. The van der Waals surface area contributed by atoms with Gasteiger partial charge in [-0.15, -0.1) is 0 Å². The predicted octanol–water partition coefficient (Wildman–Crippen LogP) is 4.11. The molecule has 0 aliphatic carbocycles. The van der Waals surface area contributed by atoms with Crippen molar-refractivity contribution in [3.05, 3.63) is 46.4 Å². The number of alkyl halides is 3. The lowest BCUT2D eigenvalue weighted by Crippen LogP contribution is -2.07. The molecule has 1 aromatic carbocycles. The second-order valence-electron chi connectivity index (χ2n) is 3.64. The van der Waals surface area contributed by atoms with E-state index in [1.807, 2.05) is 0 Å². The van der Waals surface area contributed by atoms with Gasteiger partial charge in [0, 0.05) is 10.0 Å². The molecule has 0 atom stereocenters. The Hall–Kier alpha value is -1.56. The normalized spacial score (nSPS) is 11.6. The Balaban J connectivity index is 2.60. The van der Waals surface area contributed by atoms with Gasteiger partial charge < -0.3 is 5.73 Å². The molecule has 0 radical (unpaired) electrons. The van der Waals surface area contributed by atoms with Crippen LogP contribution in [-0.2, 0) is 6.18 Å². The highest BCUT2D eigenvalue weighted by Gasteiger charge is 2.31. The fourth-order valence-corrected chi connectivity index (χ4v) is 2.01. The fraction of sp³-hybridized carbons (Fsp3) is 0.0833. The first kappa shape index (κ1) is 12.9. The van der Waals surface area contributed by atoms with Crippen LogP contribution in [0.15, 0.2) is 40.9 Å². The summed E-state index contributed by atoms with van der Waals surface area (Å²) in [6.45, 7) is 0. The molecular weight excluding hydrogens is 309 g/mol. The smallest absolute Gasteiger partial charge is 0.384 e. The first-order chi connectivity index (χ1) is 8.38. The van der Waals surface area contributed by atoms with Gasteiger partial charge in [0.1, 0.15) is 5.82 Å². The van der Waals surface area contributed by atoms with Gasteiger partial charge in [0.25, 0.3) is 0 Å². The van der Waals surface area contributed by atoms with E-state index in [9.17, 15) is 13.2 Å². The van der Waals surface area contributed by atoms with Gasteiger partial charge in [-0.25, -0.2) is 4.98 Å². The van der Waals surface area contributed by atoms with Gasteiger partial charge >= 0.3 is 6.18 Å². The summed E-state index contributed by atoms with van der Waals surface area (Å²) >= 11 is 3.27. The van der Waals surface area contributed by atoms with E-state index in [1.54, 1.807) is 24.3 Å². The Kier molecular flexibility index (Phi) is 3.30. The minimum atomic E-state index is -4.44. The summed E-state index contributed by atoms with van der Waals surface area (Å²) in [6.07, 6.45) is -4.44. The van der Waals surface area contributed by atoms with Crippen LogP contribution in [0.3, 0.4) is 0 Å². The molecule has 0 saturated carbocycles. The molecule has 1 aromatic heterocycles. The quantitative estimate of drug-likeness (QED) is 0.859. The summed E-state index contributed by atoms with van der Waals surface area (Å²) in [5.41, 5.74) is 5.37. The van der Waals surface area contributed by atoms with Crippen LogP contribution >= 0.6 is 15.9 Å². The van der Waals surface area contributed by atoms with Crippen molar-refractivity contribution in [2.45, 2.75) is 6.18 Å². The maximum absolute atomic E-state index is 12.7. The molecule has 2 aromatic rings. The highest BCUT2D eigenvalue weighted by molar-refractivity contribution is 9.10. The number of pyridine rings is 1. The van der Waals surface area contributed by atoms with Crippen molar-refractivity contribution in [2.75, 3.05) is 5.73 Å². The van der Waals surface area contributed by atoms with Crippen LogP contribution in [0.2, 0.25) is 0 Å². The van der Waals surface area contributed by atoms with Crippen LogP contribution in [0, 0.1) is 0 Å². The van der Waals surface area contributed by atoms with Crippen LogP contribution in [0.25, 0.3) is 11.3 Å². The third kappa shape index (κ3) is 2.64. The highest BCUT2D eigenvalue weighted by Crippen LogP contribution is 2.34. The predicted molar refractivity (Wildman–Crippen MR) is 66.8 cm³/mol. The van der Waals surface area contributed by atoms with E-state index < -0.39 is 11.7 Å². The van der Waals surface area contributed by atoms with Crippen LogP contribution in [-0.4, -0.2) is 4.98 Å². The molecule has 2 rings (SSSR count). The maximum atomic E-state index is 12.7. The summed E-state index contributed by atoms with van der Waals surface area (Å²) in [5.74, 6) is -0.157. The monoisotopic (exact) mass is 316 g/mol. The van der Waals surface area contributed by atoms with Crippen LogP contribution in [0.5, 0.6) is 0 Å². The summed E-state index contributed by atoms with van der Waals surface area (Å²) in [6, 6.07) is 8.69. The molecule has 0 bridgehead atoms. The molecule has 0 spiro atoms. The van der Waals surface area contributed by atoms with Crippen LogP contribution < -0.4 is 5.73 Å². The van der Waals surface area contributed by atoms with E-state index in [0.29, 0.717) is 10.0 Å².